The Morgan fingerprint density at radius 3 is 2.46 bits per heavy atom. The topological polar surface area (TPSA) is 104 Å². The highest BCUT2D eigenvalue weighted by Gasteiger charge is 2.33. The Labute approximate surface area is 74.9 Å². The molecule has 0 saturated carbocycles. The predicted molar refractivity (Wildman–Crippen MR) is 43.3 cm³/mol. The van der Waals surface area contributed by atoms with Crippen LogP contribution in [-0.2, 0) is 4.79 Å². The maximum Gasteiger partial charge on any atom is 0.407 e. The molecular formula is C7H12N2O4. The van der Waals surface area contributed by atoms with Crippen LogP contribution < -0.4 is 5.73 Å². The van der Waals surface area contributed by atoms with Gasteiger partial charge in [0, 0.05) is 19.1 Å². The second-order valence-corrected chi connectivity index (χ2v) is 3.13. The van der Waals surface area contributed by atoms with Crippen LogP contribution in [0.15, 0.2) is 0 Å². The van der Waals surface area contributed by atoms with Crippen molar-refractivity contribution in [1.82, 2.24) is 4.90 Å². The number of piperidine rings is 1. The van der Waals surface area contributed by atoms with Gasteiger partial charge in [-0.3, -0.25) is 4.79 Å². The minimum atomic E-state index is -1.09. The fraction of sp³-hybridized carbons (Fsp3) is 0.714. The van der Waals surface area contributed by atoms with Gasteiger partial charge in [0.05, 0.1) is 5.92 Å². The number of carbonyl (C=O) groups is 2. The Bertz CT molecular complexity index is 231. The van der Waals surface area contributed by atoms with Crippen LogP contribution in [0, 0.1) is 5.92 Å². The quantitative estimate of drug-likeness (QED) is 0.509. The average molecular weight is 188 g/mol. The standard InChI is InChI=1S/C7H12N2O4/c8-5-1-2-9(7(12)13)3-4(5)6(10)11/h4-5H,1-3,8H2,(H,10,11)(H,12,13)/t4-,5-/m0/s1. The van der Waals surface area contributed by atoms with Gasteiger partial charge >= 0.3 is 12.1 Å². The predicted octanol–water partition coefficient (Wildman–Crippen LogP) is -0.602. The van der Waals surface area contributed by atoms with Gasteiger partial charge in [0.1, 0.15) is 0 Å². The smallest absolute Gasteiger partial charge is 0.407 e. The molecule has 4 N–H and O–H groups in total. The molecule has 1 saturated heterocycles. The maximum atomic E-state index is 10.6. The molecule has 1 rings (SSSR count). The number of aliphatic carboxylic acids is 1. The molecule has 6 nitrogen and oxygen atoms in total. The number of nitrogens with two attached hydrogens (primary N) is 1. The molecule has 0 bridgehead atoms. The normalized spacial score (nSPS) is 28.5. The maximum absolute atomic E-state index is 10.6. The summed E-state index contributed by atoms with van der Waals surface area (Å²) in [6.45, 7) is 0.312. The molecule has 74 valence electrons. The van der Waals surface area contributed by atoms with Gasteiger partial charge in [0.2, 0.25) is 0 Å². The van der Waals surface area contributed by atoms with Crippen molar-refractivity contribution < 1.29 is 19.8 Å². The van der Waals surface area contributed by atoms with Crippen molar-refractivity contribution in [3.05, 3.63) is 0 Å². The van der Waals surface area contributed by atoms with Crippen LogP contribution >= 0.6 is 0 Å². The third-order valence-electron chi connectivity index (χ3n) is 2.25. The number of carboxylic acids is 1. The molecule has 0 radical (unpaired) electrons. The Balaban J connectivity index is 2.63. The van der Waals surface area contributed by atoms with E-state index in [1.165, 1.54) is 0 Å². The number of likely N-dealkylation sites (tertiary alicyclic amines) is 1. The van der Waals surface area contributed by atoms with Crippen LogP contribution in [0.1, 0.15) is 6.42 Å². The lowest BCUT2D eigenvalue weighted by atomic mass is 9.93. The zero-order valence-corrected chi connectivity index (χ0v) is 7.01. The van der Waals surface area contributed by atoms with Gasteiger partial charge in [-0.15, -0.1) is 0 Å². The molecule has 1 aliphatic rings. The summed E-state index contributed by atoms with van der Waals surface area (Å²) < 4.78 is 0. The first kappa shape index (κ1) is 9.79. The zero-order valence-electron chi connectivity index (χ0n) is 7.01. The monoisotopic (exact) mass is 188 g/mol. The number of amides is 1. The van der Waals surface area contributed by atoms with E-state index >= 15 is 0 Å². The van der Waals surface area contributed by atoms with Gasteiger partial charge in [-0.2, -0.15) is 0 Å². The van der Waals surface area contributed by atoms with Crippen molar-refractivity contribution in [2.24, 2.45) is 11.7 Å². The summed E-state index contributed by atoms with van der Waals surface area (Å²) >= 11 is 0. The van der Waals surface area contributed by atoms with Gasteiger partial charge in [-0.25, -0.2) is 4.79 Å². The minimum absolute atomic E-state index is 0.00810. The fourth-order valence-electron chi connectivity index (χ4n) is 1.41. The molecule has 0 spiro atoms. The van der Waals surface area contributed by atoms with Crippen molar-refractivity contribution in [1.29, 1.82) is 0 Å². The van der Waals surface area contributed by atoms with Crippen molar-refractivity contribution in [3.8, 4) is 0 Å². The largest absolute Gasteiger partial charge is 0.481 e. The molecule has 0 aliphatic carbocycles. The molecule has 0 aromatic heterocycles. The molecular weight excluding hydrogens is 176 g/mol. The highest BCUT2D eigenvalue weighted by molar-refractivity contribution is 5.73. The number of nitrogens with zero attached hydrogens (tertiary/aromatic N) is 1. The van der Waals surface area contributed by atoms with Crippen LogP contribution in [-0.4, -0.2) is 46.3 Å². The lowest BCUT2D eigenvalue weighted by Crippen LogP contribution is -2.51. The van der Waals surface area contributed by atoms with E-state index in [9.17, 15) is 9.59 Å². The van der Waals surface area contributed by atoms with E-state index < -0.39 is 24.0 Å². The summed E-state index contributed by atoms with van der Waals surface area (Å²) in [5.41, 5.74) is 5.54. The number of rotatable bonds is 1. The fourth-order valence-corrected chi connectivity index (χ4v) is 1.41. The third-order valence-corrected chi connectivity index (χ3v) is 2.25. The van der Waals surface area contributed by atoms with E-state index in [4.69, 9.17) is 15.9 Å². The number of hydrogen-bond acceptors (Lipinski definition) is 3. The van der Waals surface area contributed by atoms with E-state index in [0.29, 0.717) is 13.0 Å². The summed E-state index contributed by atoms with van der Waals surface area (Å²) in [6.07, 6.45) is -0.679. The first-order valence-corrected chi connectivity index (χ1v) is 3.98. The average Bonchev–Trinajstić information content (AvgIpc) is 2.04. The molecule has 0 aromatic carbocycles. The van der Waals surface area contributed by atoms with E-state index in [1.54, 1.807) is 0 Å². The third kappa shape index (κ3) is 2.09. The van der Waals surface area contributed by atoms with Crippen LogP contribution in [0.5, 0.6) is 0 Å². The second-order valence-electron chi connectivity index (χ2n) is 3.13. The summed E-state index contributed by atoms with van der Waals surface area (Å²) in [6, 6.07) is -0.437. The zero-order chi connectivity index (χ0) is 10.0. The van der Waals surface area contributed by atoms with Crippen molar-refractivity contribution in [2.75, 3.05) is 13.1 Å². The van der Waals surface area contributed by atoms with Crippen LogP contribution in [0.2, 0.25) is 0 Å². The molecule has 0 unspecified atom stereocenters. The van der Waals surface area contributed by atoms with Gasteiger partial charge in [-0.05, 0) is 6.42 Å². The molecule has 2 atom stereocenters. The van der Waals surface area contributed by atoms with E-state index in [1.807, 2.05) is 0 Å². The van der Waals surface area contributed by atoms with Gasteiger partial charge in [0.15, 0.2) is 0 Å². The molecule has 13 heavy (non-hydrogen) atoms. The number of hydrogen-bond donors (Lipinski definition) is 3. The lowest BCUT2D eigenvalue weighted by Gasteiger charge is -2.32. The molecule has 1 fully saturated rings. The Morgan fingerprint density at radius 1 is 1.38 bits per heavy atom. The van der Waals surface area contributed by atoms with Gasteiger partial charge in [-0.1, -0.05) is 0 Å². The Morgan fingerprint density at radius 2 is 2.00 bits per heavy atom. The Hall–Kier alpha value is -1.30. The highest BCUT2D eigenvalue weighted by Crippen LogP contribution is 2.15. The van der Waals surface area contributed by atoms with E-state index in [2.05, 4.69) is 0 Å². The SMILES string of the molecule is N[C@H]1CCN(C(=O)O)C[C@@H]1C(=O)O. The van der Waals surface area contributed by atoms with Crippen molar-refractivity contribution in [3.63, 3.8) is 0 Å². The minimum Gasteiger partial charge on any atom is -0.481 e. The van der Waals surface area contributed by atoms with E-state index in [-0.39, 0.29) is 6.54 Å². The second kappa shape index (κ2) is 3.61. The van der Waals surface area contributed by atoms with Gasteiger partial charge in [0.25, 0.3) is 0 Å². The van der Waals surface area contributed by atoms with Crippen molar-refractivity contribution >= 4 is 12.1 Å². The van der Waals surface area contributed by atoms with Crippen LogP contribution in [0.3, 0.4) is 0 Å². The first-order valence-electron chi connectivity index (χ1n) is 3.98. The van der Waals surface area contributed by atoms with Crippen LogP contribution in [0.25, 0.3) is 0 Å². The summed E-state index contributed by atoms with van der Waals surface area (Å²) in [4.78, 5) is 22.2. The van der Waals surface area contributed by atoms with Crippen molar-refractivity contribution in [2.45, 2.75) is 12.5 Å². The molecule has 1 amide bonds. The van der Waals surface area contributed by atoms with E-state index in [0.717, 1.165) is 4.90 Å². The summed E-state index contributed by atoms with van der Waals surface area (Å²) in [5.74, 6) is -1.80. The Kier molecular flexibility index (Phi) is 2.72. The molecule has 1 aliphatic heterocycles. The molecule has 1 heterocycles. The van der Waals surface area contributed by atoms with Crippen LogP contribution in [0.4, 0.5) is 4.79 Å². The summed E-state index contributed by atoms with van der Waals surface area (Å²) in [7, 11) is 0. The van der Waals surface area contributed by atoms with Gasteiger partial charge < -0.3 is 20.8 Å². The highest BCUT2D eigenvalue weighted by atomic mass is 16.4. The molecule has 6 heteroatoms. The lowest BCUT2D eigenvalue weighted by molar-refractivity contribution is -0.143. The number of carboxylic acid groups (broad SMARTS) is 2. The first-order chi connectivity index (χ1) is 6.02. The summed E-state index contributed by atoms with van der Waals surface area (Å²) in [5, 5.41) is 17.3. The molecule has 0 aromatic rings.